The number of hydrogen-bond donors (Lipinski definition) is 4. The van der Waals surface area contributed by atoms with E-state index in [2.05, 4.69) is 25.9 Å². The topological polar surface area (TPSA) is 81.8 Å². The second-order valence-electron chi connectivity index (χ2n) is 4.13. The standard InChI is InChI=1S/C13H17N5O/c1-9-15-7-12(17-9)8-16-10-3-5-11(6-4-10)18-13(19)14-2/h3-7,16H,8H2,1-2H3,(H,15,17)(H2,14,18,19). The number of urea groups is 1. The number of anilines is 2. The van der Waals surface area contributed by atoms with Gasteiger partial charge in [-0.05, 0) is 31.2 Å². The highest BCUT2D eigenvalue weighted by atomic mass is 16.2. The molecule has 6 heteroatoms. The Kier molecular flexibility index (Phi) is 4.02. The third-order valence-corrected chi connectivity index (χ3v) is 2.61. The lowest BCUT2D eigenvalue weighted by atomic mass is 10.2. The summed E-state index contributed by atoms with van der Waals surface area (Å²) in [6, 6.07) is 7.28. The lowest BCUT2D eigenvalue weighted by Crippen LogP contribution is -2.24. The SMILES string of the molecule is CNC(=O)Nc1ccc(NCc2cnc(C)[nH]2)cc1. The Bertz CT molecular complexity index is 546. The minimum absolute atomic E-state index is 0.228. The van der Waals surface area contributed by atoms with Gasteiger partial charge in [0.2, 0.25) is 0 Å². The number of H-pyrrole nitrogens is 1. The van der Waals surface area contributed by atoms with Gasteiger partial charge in [0, 0.05) is 18.4 Å². The highest BCUT2D eigenvalue weighted by molar-refractivity contribution is 5.89. The van der Waals surface area contributed by atoms with Crippen LogP contribution in [0.5, 0.6) is 0 Å². The van der Waals surface area contributed by atoms with Crippen LogP contribution in [0.4, 0.5) is 16.2 Å². The van der Waals surface area contributed by atoms with Gasteiger partial charge in [-0.3, -0.25) is 0 Å². The number of nitrogens with one attached hydrogen (secondary N) is 4. The molecule has 0 aliphatic carbocycles. The molecule has 0 aliphatic heterocycles. The van der Waals surface area contributed by atoms with Gasteiger partial charge in [0.15, 0.2) is 0 Å². The second kappa shape index (κ2) is 5.90. The molecule has 0 aliphatic rings. The maximum atomic E-state index is 11.1. The summed E-state index contributed by atoms with van der Waals surface area (Å²) in [5.41, 5.74) is 2.77. The predicted molar refractivity (Wildman–Crippen MR) is 75.2 cm³/mol. The molecule has 6 nitrogen and oxygen atoms in total. The molecule has 19 heavy (non-hydrogen) atoms. The van der Waals surface area contributed by atoms with E-state index in [-0.39, 0.29) is 6.03 Å². The first-order valence-corrected chi connectivity index (χ1v) is 6.00. The number of aromatic amines is 1. The molecule has 0 atom stereocenters. The van der Waals surface area contributed by atoms with Crippen LogP contribution in [0.3, 0.4) is 0 Å². The molecule has 1 heterocycles. The van der Waals surface area contributed by atoms with E-state index in [4.69, 9.17) is 0 Å². The van der Waals surface area contributed by atoms with Gasteiger partial charge in [-0.25, -0.2) is 9.78 Å². The number of nitrogens with zero attached hydrogens (tertiary/aromatic N) is 1. The Balaban J connectivity index is 1.89. The summed E-state index contributed by atoms with van der Waals surface area (Å²) in [6.07, 6.45) is 1.81. The summed E-state index contributed by atoms with van der Waals surface area (Å²) in [5.74, 6) is 0.905. The number of carbonyl (C=O) groups excluding carboxylic acids is 1. The fourth-order valence-electron chi connectivity index (χ4n) is 1.62. The van der Waals surface area contributed by atoms with Gasteiger partial charge in [-0.15, -0.1) is 0 Å². The number of amides is 2. The maximum Gasteiger partial charge on any atom is 0.318 e. The van der Waals surface area contributed by atoms with Crippen LogP contribution in [-0.4, -0.2) is 23.0 Å². The number of aryl methyl sites for hydroxylation is 1. The van der Waals surface area contributed by atoms with E-state index in [0.29, 0.717) is 6.54 Å². The minimum Gasteiger partial charge on any atom is -0.379 e. The summed E-state index contributed by atoms with van der Waals surface area (Å²) in [5, 5.41) is 8.47. The highest BCUT2D eigenvalue weighted by Gasteiger charge is 1.99. The third-order valence-electron chi connectivity index (χ3n) is 2.61. The Morgan fingerprint density at radius 3 is 2.53 bits per heavy atom. The molecular formula is C13H17N5O. The van der Waals surface area contributed by atoms with Crippen molar-refractivity contribution in [1.82, 2.24) is 15.3 Å². The molecule has 0 radical (unpaired) electrons. The van der Waals surface area contributed by atoms with Crippen molar-refractivity contribution in [3.05, 3.63) is 42.0 Å². The van der Waals surface area contributed by atoms with Crippen LogP contribution in [0.1, 0.15) is 11.5 Å². The fraction of sp³-hybridized carbons (Fsp3) is 0.231. The fourth-order valence-corrected chi connectivity index (χ4v) is 1.62. The Labute approximate surface area is 111 Å². The maximum absolute atomic E-state index is 11.1. The average molecular weight is 259 g/mol. The van der Waals surface area contributed by atoms with Gasteiger partial charge < -0.3 is 20.9 Å². The predicted octanol–water partition coefficient (Wildman–Crippen LogP) is 2.08. The summed E-state index contributed by atoms with van der Waals surface area (Å²) < 4.78 is 0. The summed E-state index contributed by atoms with van der Waals surface area (Å²) in [6.45, 7) is 2.60. The van der Waals surface area contributed by atoms with Gasteiger partial charge >= 0.3 is 6.03 Å². The average Bonchev–Trinajstić information content (AvgIpc) is 2.83. The van der Waals surface area contributed by atoms with Crippen molar-refractivity contribution in [3.63, 3.8) is 0 Å². The van der Waals surface area contributed by atoms with Gasteiger partial charge in [0.05, 0.1) is 18.4 Å². The van der Waals surface area contributed by atoms with Crippen molar-refractivity contribution >= 4 is 17.4 Å². The summed E-state index contributed by atoms with van der Waals surface area (Å²) in [4.78, 5) is 18.4. The quantitative estimate of drug-likeness (QED) is 0.678. The molecular weight excluding hydrogens is 242 g/mol. The minimum atomic E-state index is -0.228. The van der Waals surface area contributed by atoms with Crippen molar-refractivity contribution in [1.29, 1.82) is 0 Å². The summed E-state index contributed by atoms with van der Waals surface area (Å²) in [7, 11) is 1.58. The largest absolute Gasteiger partial charge is 0.379 e. The van der Waals surface area contributed by atoms with Crippen LogP contribution in [-0.2, 0) is 6.54 Å². The number of imidazole rings is 1. The molecule has 0 saturated carbocycles. The molecule has 0 fully saturated rings. The third kappa shape index (κ3) is 3.74. The van der Waals surface area contributed by atoms with Gasteiger partial charge in [-0.2, -0.15) is 0 Å². The first kappa shape index (κ1) is 12.9. The van der Waals surface area contributed by atoms with E-state index >= 15 is 0 Å². The van der Waals surface area contributed by atoms with E-state index in [1.54, 1.807) is 7.05 Å². The van der Waals surface area contributed by atoms with E-state index in [0.717, 1.165) is 22.9 Å². The molecule has 0 saturated heterocycles. The first-order chi connectivity index (χ1) is 9.17. The van der Waals surface area contributed by atoms with Crippen molar-refractivity contribution in [2.24, 2.45) is 0 Å². The number of carbonyl (C=O) groups is 1. The van der Waals surface area contributed by atoms with Gasteiger partial charge in [-0.1, -0.05) is 0 Å². The van der Waals surface area contributed by atoms with Crippen LogP contribution in [0.25, 0.3) is 0 Å². The molecule has 100 valence electrons. The van der Waals surface area contributed by atoms with Crippen molar-refractivity contribution in [2.45, 2.75) is 13.5 Å². The van der Waals surface area contributed by atoms with Gasteiger partial charge in [0.1, 0.15) is 5.82 Å². The van der Waals surface area contributed by atoms with Crippen molar-refractivity contribution in [3.8, 4) is 0 Å². The molecule has 4 N–H and O–H groups in total. The smallest absolute Gasteiger partial charge is 0.318 e. The van der Waals surface area contributed by atoms with Gasteiger partial charge in [0.25, 0.3) is 0 Å². The van der Waals surface area contributed by atoms with Crippen LogP contribution < -0.4 is 16.0 Å². The van der Waals surface area contributed by atoms with E-state index in [1.807, 2.05) is 37.4 Å². The lowest BCUT2D eigenvalue weighted by molar-refractivity contribution is 0.254. The number of benzene rings is 1. The van der Waals surface area contributed by atoms with E-state index in [9.17, 15) is 4.79 Å². The number of rotatable bonds is 4. The normalized spacial score (nSPS) is 10.0. The summed E-state index contributed by atoms with van der Waals surface area (Å²) >= 11 is 0. The first-order valence-electron chi connectivity index (χ1n) is 6.00. The molecule has 2 rings (SSSR count). The van der Waals surface area contributed by atoms with Crippen LogP contribution >= 0.6 is 0 Å². The number of hydrogen-bond acceptors (Lipinski definition) is 3. The molecule has 1 aromatic heterocycles. The van der Waals surface area contributed by atoms with Crippen LogP contribution in [0.15, 0.2) is 30.5 Å². The van der Waals surface area contributed by atoms with Crippen molar-refractivity contribution < 1.29 is 4.79 Å². The molecule has 0 spiro atoms. The van der Waals surface area contributed by atoms with Crippen LogP contribution in [0.2, 0.25) is 0 Å². The molecule has 0 unspecified atom stereocenters. The van der Waals surface area contributed by atoms with Crippen LogP contribution in [0, 0.1) is 6.92 Å². The Morgan fingerprint density at radius 1 is 1.26 bits per heavy atom. The zero-order valence-electron chi connectivity index (χ0n) is 10.9. The van der Waals surface area contributed by atoms with E-state index < -0.39 is 0 Å². The van der Waals surface area contributed by atoms with Crippen molar-refractivity contribution in [2.75, 3.05) is 17.7 Å². The Morgan fingerprint density at radius 2 is 1.95 bits per heavy atom. The monoisotopic (exact) mass is 259 g/mol. The second-order valence-corrected chi connectivity index (χ2v) is 4.13. The van der Waals surface area contributed by atoms with E-state index in [1.165, 1.54) is 0 Å². The lowest BCUT2D eigenvalue weighted by Gasteiger charge is -2.07. The Hall–Kier alpha value is -2.50. The zero-order valence-corrected chi connectivity index (χ0v) is 10.9. The number of aromatic nitrogens is 2. The molecule has 2 amide bonds. The molecule has 0 bridgehead atoms. The molecule has 1 aromatic carbocycles. The zero-order chi connectivity index (χ0) is 13.7. The highest BCUT2D eigenvalue weighted by Crippen LogP contribution is 2.14. The molecule has 2 aromatic rings.